The topological polar surface area (TPSA) is 48.9 Å². The van der Waals surface area contributed by atoms with Crippen LogP contribution >= 0.6 is 11.3 Å². The van der Waals surface area contributed by atoms with E-state index in [1.54, 1.807) is 11.3 Å². The standard InChI is InChI=1S/C18H30N4O2S/c1-4-24-14(2)17-19-15(13-25-17)12-21-8-10-22(11-9-21)18(23)16-6-5-7-20(16)3/h13-14,16H,4-12H2,1-3H3. The van der Waals surface area contributed by atoms with E-state index < -0.39 is 0 Å². The molecule has 2 saturated heterocycles. The molecule has 0 saturated carbocycles. The summed E-state index contributed by atoms with van der Waals surface area (Å²) in [5.41, 5.74) is 1.11. The molecule has 1 aromatic heterocycles. The van der Waals surface area contributed by atoms with Gasteiger partial charge in [-0.3, -0.25) is 14.6 Å². The van der Waals surface area contributed by atoms with Crippen LogP contribution in [0.15, 0.2) is 5.38 Å². The van der Waals surface area contributed by atoms with E-state index in [1.807, 2.05) is 11.8 Å². The molecular weight excluding hydrogens is 336 g/mol. The molecule has 0 aliphatic carbocycles. The van der Waals surface area contributed by atoms with Gasteiger partial charge in [-0.15, -0.1) is 11.3 Å². The van der Waals surface area contributed by atoms with Crippen molar-refractivity contribution < 1.29 is 9.53 Å². The van der Waals surface area contributed by atoms with Crippen LogP contribution in [-0.2, 0) is 16.1 Å². The summed E-state index contributed by atoms with van der Waals surface area (Å²) in [7, 11) is 2.06. The number of nitrogens with zero attached hydrogens (tertiary/aromatic N) is 4. The van der Waals surface area contributed by atoms with Crippen LogP contribution in [0, 0.1) is 0 Å². The van der Waals surface area contributed by atoms with Crippen molar-refractivity contribution in [2.75, 3.05) is 46.4 Å². The summed E-state index contributed by atoms with van der Waals surface area (Å²) in [6.07, 6.45) is 2.22. The van der Waals surface area contributed by atoms with Crippen molar-refractivity contribution in [3.8, 4) is 0 Å². The molecular formula is C18H30N4O2S. The van der Waals surface area contributed by atoms with Crippen molar-refractivity contribution in [1.82, 2.24) is 19.7 Å². The van der Waals surface area contributed by atoms with Gasteiger partial charge in [-0.1, -0.05) is 0 Å². The summed E-state index contributed by atoms with van der Waals surface area (Å²) < 4.78 is 5.62. The minimum Gasteiger partial charge on any atom is -0.372 e. The monoisotopic (exact) mass is 366 g/mol. The fourth-order valence-electron chi connectivity index (χ4n) is 3.69. The number of amides is 1. The van der Waals surface area contributed by atoms with Gasteiger partial charge in [-0.05, 0) is 40.3 Å². The number of rotatable bonds is 6. The van der Waals surface area contributed by atoms with Gasteiger partial charge in [0, 0.05) is 44.7 Å². The van der Waals surface area contributed by atoms with Crippen LogP contribution in [0.3, 0.4) is 0 Å². The molecule has 1 amide bonds. The number of carbonyl (C=O) groups is 1. The minimum atomic E-state index is 0.0709. The fraction of sp³-hybridized carbons (Fsp3) is 0.778. The maximum absolute atomic E-state index is 12.7. The number of piperazine rings is 1. The highest BCUT2D eigenvalue weighted by molar-refractivity contribution is 7.09. The summed E-state index contributed by atoms with van der Waals surface area (Å²) >= 11 is 1.68. The Morgan fingerprint density at radius 2 is 2.12 bits per heavy atom. The molecule has 2 aliphatic rings. The molecule has 0 aromatic carbocycles. The maximum atomic E-state index is 12.7. The lowest BCUT2D eigenvalue weighted by atomic mass is 10.1. The van der Waals surface area contributed by atoms with E-state index in [9.17, 15) is 4.79 Å². The van der Waals surface area contributed by atoms with Crippen molar-refractivity contribution in [1.29, 1.82) is 0 Å². The Morgan fingerprint density at radius 1 is 1.36 bits per heavy atom. The van der Waals surface area contributed by atoms with Gasteiger partial charge in [-0.25, -0.2) is 4.98 Å². The SMILES string of the molecule is CCOC(C)c1nc(CN2CCN(C(=O)C3CCCN3C)CC2)cs1. The lowest BCUT2D eigenvalue weighted by Crippen LogP contribution is -2.52. The third kappa shape index (κ3) is 4.58. The van der Waals surface area contributed by atoms with Crippen molar-refractivity contribution in [2.24, 2.45) is 0 Å². The molecule has 0 radical (unpaired) electrons. The summed E-state index contributed by atoms with van der Waals surface area (Å²) in [5, 5.41) is 3.19. The molecule has 140 valence electrons. The van der Waals surface area contributed by atoms with E-state index in [0.717, 1.165) is 62.8 Å². The summed E-state index contributed by atoms with van der Waals surface area (Å²) in [4.78, 5) is 24.0. The lowest BCUT2D eigenvalue weighted by molar-refractivity contribution is -0.137. The third-order valence-corrected chi connectivity index (χ3v) is 6.26. The van der Waals surface area contributed by atoms with E-state index in [4.69, 9.17) is 9.72 Å². The predicted octanol–water partition coefficient (Wildman–Crippen LogP) is 1.98. The van der Waals surface area contributed by atoms with Crippen molar-refractivity contribution in [3.63, 3.8) is 0 Å². The zero-order chi connectivity index (χ0) is 17.8. The van der Waals surface area contributed by atoms with Crippen LogP contribution in [0.1, 0.15) is 43.5 Å². The molecule has 0 N–H and O–H groups in total. The minimum absolute atomic E-state index is 0.0709. The Labute approximate surface area is 154 Å². The average Bonchev–Trinajstić information content (AvgIpc) is 3.24. The highest BCUT2D eigenvalue weighted by atomic mass is 32.1. The Balaban J connectivity index is 1.47. The average molecular weight is 367 g/mol. The quantitative estimate of drug-likeness (QED) is 0.770. The molecule has 7 heteroatoms. The maximum Gasteiger partial charge on any atom is 0.240 e. The van der Waals surface area contributed by atoms with Gasteiger partial charge < -0.3 is 9.64 Å². The van der Waals surface area contributed by atoms with Crippen LogP contribution in [-0.4, -0.2) is 78.0 Å². The first kappa shape index (κ1) is 18.8. The number of thiazole rings is 1. The molecule has 2 atom stereocenters. The largest absolute Gasteiger partial charge is 0.372 e. The molecule has 0 bridgehead atoms. The molecule has 1 aromatic rings. The van der Waals surface area contributed by atoms with E-state index in [0.29, 0.717) is 12.5 Å². The first-order valence-electron chi connectivity index (χ1n) is 9.35. The van der Waals surface area contributed by atoms with Gasteiger partial charge >= 0.3 is 0 Å². The number of likely N-dealkylation sites (tertiary alicyclic amines) is 1. The normalized spacial score (nSPS) is 24.0. The summed E-state index contributed by atoms with van der Waals surface area (Å²) in [6.45, 7) is 10.2. The molecule has 25 heavy (non-hydrogen) atoms. The van der Waals surface area contributed by atoms with E-state index in [1.165, 1.54) is 0 Å². The van der Waals surface area contributed by atoms with Crippen LogP contribution in [0.25, 0.3) is 0 Å². The molecule has 3 rings (SSSR count). The van der Waals surface area contributed by atoms with E-state index >= 15 is 0 Å². The number of hydrogen-bond acceptors (Lipinski definition) is 6. The molecule has 6 nitrogen and oxygen atoms in total. The van der Waals surface area contributed by atoms with Gasteiger partial charge in [0.2, 0.25) is 5.91 Å². The predicted molar refractivity (Wildman–Crippen MR) is 99.7 cm³/mol. The van der Waals surface area contributed by atoms with Crippen LogP contribution in [0.2, 0.25) is 0 Å². The van der Waals surface area contributed by atoms with Crippen molar-refractivity contribution in [3.05, 3.63) is 16.1 Å². The number of carbonyl (C=O) groups excluding carboxylic acids is 1. The first-order chi connectivity index (χ1) is 12.1. The van der Waals surface area contributed by atoms with Gasteiger partial charge in [0.25, 0.3) is 0 Å². The second-order valence-electron chi connectivity index (χ2n) is 7.01. The van der Waals surface area contributed by atoms with Crippen molar-refractivity contribution in [2.45, 2.75) is 45.4 Å². The summed E-state index contributed by atoms with van der Waals surface area (Å²) in [5.74, 6) is 0.320. The first-order valence-corrected chi connectivity index (χ1v) is 10.2. The molecule has 3 heterocycles. The highest BCUT2D eigenvalue weighted by Gasteiger charge is 2.32. The van der Waals surface area contributed by atoms with E-state index in [2.05, 4.69) is 29.2 Å². The number of likely N-dealkylation sites (N-methyl/N-ethyl adjacent to an activating group) is 1. The summed E-state index contributed by atoms with van der Waals surface area (Å²) in [6, 6.07) is 0.104. The third-order valence-electron chi connectivity index (χ3n) is 5.21. The molecule has 0 spiro atoms. The smallest absolute Gasteiger partial charge is 0.240 e. The number of ether oxygens (including phenoxy) is 1. The Kier molecular flexibility index (Phi) is 6.44. The second kappa shape index (κ2) is 8.58. The van der Waals surface area contributed by atoms with Crippen LogP contribution in [0.4, 0.5) is 0 Å². The van der Waals surface area contributed by atoms with Crippen LogP contribution < -0.4 is 0 Å². The molecule has 2 fully saturated rings. The van der Waals surface area contributed by atoms with Gasteiger partial charge in [0.15, 0.2) is 0 Å². The zero-order valence-electron chi connectivity index (χ0n) is 15.6. The Morgan fingerprint density at radius 3 is 2.76 bits per heavy atom. The number of aromatic nitrogens is 1. The van der Waals surface area contributed by atoms with E-state index in [-0.39, 0.29) is 12.1 Å². The van der Waals surface area contributed by atoms with Gasteiger partial charge in [0.1, 0.15) is 11.1 Å². The molecule has 2 aliphatic heterocycles. The van der Waals surface area contributed by atoms with Crippen molar-refractivity contribution >= 4 is 17.2 Å². The zero-order valence-corrected chi connectivity index (χ0v) is 16.4. The Bertz CT molecular complexity index is 571. The molecule has 2 unspecified atom stereocenters. The number of hydrogen-bond donors (Lipinski definition) is 0. The van der Waals surface area contributed by atoms with Gasteiger partial charge in [0.05, 0.1) is 11.7 Å². The van der Waals surface area contributed by atoms with Crippen LogP contribution in [0.5, 0.6) is 0 Å². The second-order valence-corrected chi connectivity index (χ2v) is 7.90. The highest BCUT2D eigenvalue weighted by Crippen LogP contribution is 2.22. The fourth-order valence-corrected chi connectivity index (χ4v) is 4.51. The van der Waals surface area contributed by atoms with Gasteiger partial charge in [-0.2, -0.15) is 0 Å². The Hall–Kier alpha value is -1.02. The lowest BCUT2D eigenvalue weighted by Gasteiger charge is -2.36.